The van der Waals surface area contributed by atoms with Gasteiger partial charge < -0.3 is 20.6 Å². The van der Waals surface area contributed by atoms with E-state index in [1.165, 1.54) is 283 Å². The van der Waals surface area contributed by atoms with Gasteiger partial charge in [-0.3, -0.25) is 4.79 Å². The summed E-state index contributed by atoms with van der Waals surface area (Å²) in [6.45, 7) is 4.23. The zero-order valence-corrected chi connectivity index (χ0v) is 44.9. The summed E-state index contributed by atoms with van der Waals surface area (Å²) < 4.78 is 0. The SMILES string of the molecule is CCCCCCCCCCCCCC/C=C\CCCCCCCCCCCCCCCCCC(O)C(=O)NC(CO)C(O)/C=C/CCCCCCCCCCCCCCCCCCCCC. The molecule has 0 heterocycles. The van der Waals surface area contributed by atoms with Crippen molar-refractivity contribution in [1.82, 2.24) is 5.32 Å². The molecular formula is C61H119NO4. The van der Waals surface area contributed by atoms with Crippen molar-refractivity contribution in [2.45, 2.75) is 353 Å². The number of hydrogen-bond acceptors (Lipinski definition) is 4. The molecule has 0 aliphatic carbocycles. The molecule has 0 spiro atoms. The van der Waals surface area contributed by atoms with Gasteiger partial charge in [0.15, 0.2) is 0 Å². The van der Waals surface area contributed by atoms with Crippen molar-refractivity contribution in [3.05, 3.63) is 24.3 Å². The van der Waals surface area contributed by atoms with Gasteiger partial charge in [0.2, 0.25) is 5.91 Å². The van der Waals surface area contributed by atoms with E-state index in [9.17, 15) is 20.1 Å². The zero-order chi connectivity index (χ0) is 47.9. The molecule has 0 aromatic carbocycles. The minimum atomic E-state index is -1.10. The first-order valence-electron chi connectivity index (χ1n) is 30.2. The van der Waals surface area contributed by atoms with Crippen molar-refractivity contribution in [1.29, 1.82) is 0 Å². The lowest BCUT2D eigenvalue weighted by Gasteiger charge is -2.21. The highest BCUT2D eigenvalue weighted by molar-refractivity contribution is 5.80. The number of nitrogens with one attached hydrogen (secondary N) is 1. The first-order chi connectivity index (χ1) is 32.6. The molecule has 0 saturated heterocycles. The van der Waals surface area contributed by atoms with Crippen molar-refractivity contribution in [3.8, 4) is 0 Å². The highest BCUT2D eigenvalue weighted by atomic mass is 16.3. The van der Waals surface area contributed by atoms with Crippen LogP contribution in [-0.2, 0) is 4.79 Å². The Kier molecular flexibility index (Phi) is 55.4. The maximum Gasteiger partial charge on any atom is 0.249 e. The molecule has 3 unspecified atom stereocenters. The number of rotatable bonds is 56. The largest absolute Gasteiger partial charge is 0.394 e. The van der Waals surface area contributed by atoms with Gasteiger partial charge in [0.05, 0.1) is 18.8 Å². The molecule has 392 valence electrons. The van der Waals surface area contributed by atoms with Crippen molar-refractivity contribution >= 4 is 5.91 Å². The Morgan fingerprint density at radius 3 is 0.879 bits per heavy atom. The van der Waals surface area contributed by atoms with E-state index in [4.69, 9.17) is 0 Å². The molecule has 5 nitrogen and oxygen atoms in total. The number of amides is 1. The van der Waals surface area contributed by atoms with Crippen LogP contribution in [0.2, 0.25) is 0 Å². The Morgan fingerprint density at radius 2 is 0.606 bits per heavy atom. The third-order valence-corrected chi connectivity index (χ3v) is 14.3. The molecular weight excluding hydrogens is 811 g/mol. The average molecular weight is 931 g/mol. The maximum absolute atomic E-state index is 12.6. The van der Waals surface area contributed by atoms with E-state index in [1.54, 1.807) is 6.08 Å². The van der Waals surface area contributed by atoms with Crippen LogP contribution in [0.5, 0.6) is 0 Å². The number of aliphatic hydroxyl groups is 3. The molecule has 66 heavy (non-hydrogen) atoms. The van der Waals surface area contributed by atoms with Crippen molar-refractivity contribution in [3.63, 3.8) is 0 Å². The topological polar surface area (TPSA) is 89.8 Å². The fraction of sp³-hybridized carbons (Fsp3) is 0.918. The minimum absolute atomic E-state index is 0.360. The van der Waals surface area contributed by atoms with Crippen LogP contribution in [0, 0.1) is 0 Å². The molecule has 0 aliphatic heterocycles. The van der Waals surface area contributed by atoms with Crippen LogP contribution in [0.4, 0.5) is 0 Å². The smallest absolute Gasteiger partial charge is 0.249 e. The molecule has 0 aromatic heterocycles. The van der Waals surface area contributed by atoms with Crippen LogP contribution in [-0.4, -0.2) is 46.1 Å². The number of aliphatic hydroxyl groups excluding tert-OH is 3. The molecule has 0 fully saturated rings. The Hall–Kier alpha value is -1.17. The molecule has 5 heteroatoms. The Bertz CT molecular complexity index is 982. The van der Waals surface area contributed by atoms with Crippen LogP contribution < -0.4 is 5.32 Å². The monoisotopic (exact) mass is 930 g/mol. The van der Waals surface area contributed by atoms with E-state index in [0.29, 0.717) is 6.42 Å². The first kappa shape index (κ1) is 64.8. The number of carbonyl (C=O) groups is 1. The third-order valence-electron chi connectivity index (χ3n) is 14.3. The number of allylic oxidation sites excluding steroid dienone is 3. The lowest BCUT2D eigenvalue weighted by atomic mass is 10.0. The van der Waals surface area contributed by atoms with Gasteiger partial charge in [0.25, 0.3) is 0 Å². The Balaban J connectivity index is 3.52. The summed E-state index contributed by atoms with van der Waals surface area (Å²) in [6.07, 6.45) is 72.7. The summed E-state index contributed by atoms with van der Waals surface area (Å²) in [6, 6.07) is -0.797. The fourth-order valence-corrected chi connectivity index (χ4v) is 9.60. The number of hydrogen-bond donors (Lipinski definition) is 4. The molecule has 0 bridgehead atoms. The van der Waals surface area contributed by atoms with E-state index >= 15 is 0 Å². The van der Waals surface area contributed by atoms with Crippen molar-refractivity contribution < 1.29 is 20.1 Å². The molecule has 0 aliphatic rings. The second-order valence-corrected chi connectivity index (χ2v) is 20.9. The van der Waals surface area contributed by atoms with Gasteiger partial charge in [-0.1, -0.05) is 314 Å². The van der Waals surface area contributed by atoms with Gasteiger partial charge >= 0.3 is 0 Å². The summed E-state index contributed by atoms with van der Waals surface area (Å²) in [5.41, 5.74) is 0. The Morgan fingerprint density at radius 1 is 0.364 bits per heavy atom. The van der Waals surface area contributed by atoms with Gasteiger partial charge in [0, 0.05) is 0 Å². The van der Waals surface area contributed by atoms with Crippen molar-refractivity contribution in [2.24, 2.45) is 0 Å². The van der Waals surface area contributed by atoms with Crippen molar-refractivity contribution in [2.75, 3.05) is 6.61 Å². The normalized spacial score (nSPS) is 13.3. The van der Waals surface area contributed by atoms with E-state index in [-0.39, 0.29) is 6.61 Å². The van der Waals surface area contributed by atoms with Crippen LogP contribution in [0.15, 0.2) is 24.3 Å². The molecule has 1 amide bonds. The molecule has 0 saturated carbocycles. The first-order valence-corrected chi connectivity index (χ1v) is 30.2. The quantitative estimate of drug-likeness (QED) is 0.0361. The molecule has 0 aromatic rings. The molecule has 0 rings (SSSR count). The predicted molar refractivity (Wildman–Crippen MR) is 292 cm³/mol. The van der Waals surface area contributed by atoms with Gasteiger partial charge in [-0.15, -0.1) is 0 Å². The van der Waals surface area contributed by atoms with Crippen LogP contribution in [0.25, 0.3) is 0 Å². The van der Waals surface area contributed by atoms with E-state index in [1.807, 2.05) is 6.08 Å². The molecule has 0 radical (unpaired) electrons. The number of carbonyl (C=O) groups excluding carboxylic acids is 1. The highest BCUT2D eigenvalue weighted by Gasteiger charge is 2.22. The zero-order valence-electron chi connectivity index (χ0n) is 44.9. The predicted octanol–water partition coefficient (Wildman–Crippen LogP) is 18.8. The van der Waals surface area contributed by atoms with Crippen LogP contribution in [0.1, 0.15) is 335 Å². The lowest BCUT2D eigenvalue weighted by Crippen LogP contribution is -2.48. The van der Waals surface area contributed by atoms with Gasteiger partial charge in [-0.25, -0.2) is 0 Å². The summed E-state index contributed by atoms with van der Waals surface area (Å²) in [5.74, 6) is -0.497. The number of unbranched alkanes of at least 4 members (excludes halogenated alkanes) is 46. The summed E-state index contributed by atoms with van der Waals surface area (Å²) >= 11 is 0. The summed E-state index contributed by atoms with van der Waals surface area (Å²) in [5, 5.41) is 33.4. The second-order valence-electron chi connectivity index (χ2n) is 20.9. The van der Waals surface area contributed by atoms with E-state index in [0.717, 1.165) is 32.1 Å². The lowest BCUT2D eigenvalue weighted by molar-refractivity contribution is -0.131. The van der Waals surface area contributed by atoms with Crippen LogP contribution >= 0.6 is 0 Å². The second kappa shape index (κ2) is 56.4. The summed E-state index contributed by atoms with van der Waals surface area (Å²) in [4.78, 5) is 12.6. The van der Waals surface area contributed by atoms with Crippen LogP contribution in [0.3, 0.4) is 0 Å². The van der Waals surface area contributed by atoms with E-state index in [2.05, 4.69) is 31.3 Å². The standard InChI is InChI=1S/C61H119NO4/c1-3-5-7-9-11-13-15-17-19-21-23-25-26-27-28-29-30-31-32-33-34-36-38-40-42-44-46-48-50-52-54-56-60(65)61(66)62-58(57-63)59(64)55-53-51-49-47-45-43-41-39-37-35-24-22-20-18-16-14-12-10-8-6-4-2/h27-28,53,55,58-60,63-65H,3-26,29-52,54,56-57H2,1-2H3,(H,62,66)/b28-27-,55-53+. The highest BCUT2D eigenvalue weighted by Crippen LogP contribution is 2.18. The Labute approximate surface area is 413 Å². The van der Waals surface area contributed by atoms with Gasteiger partial charge in [-0.2, -0.15) is 0 Å². The van der Waals surface area contributed by atoms with Gasteiger partial charge in [0.1, 0.15) is 6.10 Å². The maximum atomic E-state index is 12.6. The summed E-state index contributed by atoms with van der Waals surface area (Å²) in [7, 11) is 0. The van der Waals surface area contributed by atoms with Gasteiger partial charge in [-0.05, 0) is 44.9 Å². The third kappa shape index (κ3) is 50.7. The minimum Gasteiger partial charge on any atom is -0.394 e. The molecule has 3 atom stereocenters. The average Bonchev–Trinajstić information content (AvgIpc) is 3.32. The fourth-order valence-electron chi connectivity index (χ4n) is 9.60. The molecule has 4 N–H and O–H groups in total. The van der Waals surface area contributed by atoms with E-state index < -0.39 is 24.2 Å².